The van der Waals surface area contributed by atoms with E-state index < -0.39 is 5.97 Å². The van der Waals surface area contributed by atoms with Gasteiger partial charge in [-0.2, -0.15) is 0 Å². The summed E-state index contributed by atoms with van der Waals surface area (Å²) in [6.45, 7) is 5.87. The molecule has 108 valence electrons. The molecule has 0 saturated carbocycles. The molecule has 2 heterocycles. The van der Waals surface area contributed by atoms with Gasteiger partial charge in [-0.15, -0.1) is 0 Å². The van der Waals surface area contributed by atoms with Gasteiger partial charge in [0.05, 0.1) is 12.3 Å². The summed E-state index contributed by atoms with van der Waals surface area (Å²) in [7, 11) is 0. The maximum absolute atomic E-state index is 12.3. The lowest BCUT2D eigenvalue weighted by atomic mass is 9.83. The lowest BCUT2D eigenvalue weighted by molar-refractivity contribution is -0.138. The van der Waals surface area contributed by atoms with Crippen molar-refractivity contribution in [2.45, 2.75) is 64.6 Å². The molecule has 0 aliphatic carbocycles. The summed E-state index contributed by atoms with van der Waals surface area (Å²) < 4.78 is 0. The number of carboxylic acid groups (broad SMARTS) is 1. The molecule has 2 aliphatic rings. The van der Waals surface area contributed by atoms with Crippen LogP contribution in [0.2, 0.25) is 0 Å². The molecule has 4 unspecified atom stereocenters. The SMILES string of the molecule is CC(C)(C)C(CC(=O)O)NC(=O)C1CC2CCC1N2. The molecule has 5 heteroatoms. The third kappa shape index (κ3) is 3.26. The van der Waals surface area contributed by atoms with E-state index in [-0.39, 0.29) is 35.7 Å². The highest BCUT2D eigenvalue weighted by Crippen LogP contribution is 2.34. The van der Waals surface area contributed by atoms with Crippen molar-refractivity contribution in [2.24, 2.45) is 11.3 Å². The molecule has 0 aromatic rings. The molecule has 4 atom stereocenters. The van der Waals surface area contributed by atoms with Crippen LogP contribution < -0.4 is 10.6 Å². The molecule has 0 spiro atoms. The van der Waals surface area contributed by atoms with Crippen molar-refractivity contribution < 1.29 is 14.7 Å². The zero-order valence-electron chi connectivity index (χ0n) is 11.9. The fourth-order valence-corrected chi connectivity index (χ4v) is 3.14. The van der Waals surface area contributed by atoms with Gasteiger partial charge in [-0.25, -0.2) is 0 Å². The number of nitrogens with one attached hydrogen (secondary N) is 2. The van der Waals surface area contributed by atoms with E-state index >= 15 is 0 Å². The van der Waals surface area contributed by atoms with Gasteiger partial charge in [0, 0.05) is 18.1 Å². The van der Waals surface area contributed by atoms with E-state index in [1.165, 1.54) is 0 Å². The molecule has 3 N–H and O–H groups in total. The molecule has 0 aromatic heterocycles. The van der Waals surface area contributed by atoms with Crippen molar-refractivity contribution in [1.82, 2.24) is 10.6 Å². The van der Waals surface area contributed by atoms with Gasteiger partial charge in [-0.3, -0.25) is 9.59 Å². The molecule has 5 nitrogen and oxygen atoms in total. The topological polar surface area (TPSA) is 78.4 Å². The van der Waals surface area contributed by atoms with Gasteiger partial charge in [0.25, 0.3) is 0 Å². The molecular weight excluding hydrogens is 244 g/mol. The van der Waals surface area contributed by atoms with Crippen LogP contribution in [0.1, 0.15) is 46.5 Å². The molecule has 19 heavy (non-hydrogen) atoms. The van der Waals surface area contributed by atoms with Crippen LogP contribution in [-0.4, -0.2) is 35.1 Å². The van der Waals surface area contributed by atoms with E-state index in [1.54, 1.807) is 0 Å². The van der Waals surface area contributed by atoms with E-state index in [2.05, 4.69) is 10.6 Å². The zero-order valence-corrected chi connectivity index (χ0v) is 11.9. The Morgan fingerprint density at radius 2 is 2.05 bits per heavy atom. The predicted molar refractivity (Wildman–Crippen MR) is 71.7 cm³/mol. The number of fused-ring (bicyclic) bond motifs is 2. The molecule has 0 radical (unpaired) electrons. The van der Waals surface area contributed by atoms with Gasteiger partial charge in [-0.05, 0) is 24.7 Å². The largest absolute Gasteiger partial charge is 0.481 e. The van der Waals surface area contributed by atoms with E-state index in [0.717, 1.165) is 19.3 Å². The Bertz CT molecular complexity index is 375. The first kappa shape index (κ1) is 14.3. The Morgan fingerprint density at radius 1 is 1.37 bits per heavy atom. The van der Waals surface area contributed by atoms with E-state index in [4.69, 9.17) is 5.11 Å². The number of amides is 1. The molecule has 2 rings (SSSR count). The minimum atomic E-state index is -0.869. The molecule has 2 bridgehead atoms. The van der Waals surface area contributed by atoms with Gasteiger partial charge >= 0.3 is 5.97 Å². The molecule has 2 fully saturated rings. The first-order valence-corrected chi connectivity index (χ1v) is 7.05. The maximum Gasteiger partial charge on any atom is 0.305 e. The second-order valence-electron chi connectivity index (χ2n) is 6.91. The van der Waals surface area contributed by atoms with E-state index in [9.17, 15) is 9.59 Å². The Morgan fingerprint density at radius 3 is 2.47 bits per heavy atom. The third-order valence-corrected chi connectivity index (χ3v) is 4.38. The van der Waals surface area contributed by atoms with Crippen molar-refractivity contribution in [1.29, 1.82) is 0 Å². The van der Waals surface area contributed by atoms with E-state index in [0.29, 0.717) is 6.04 Å². The van der Waals surface area contributed by atoms with Crippen LogP contribution in [0.25, 0.3) is 0 Å². The summed E-state index contributed by atoms with van der Waals surface area (Å²) in [6.07, 6.45) is 3.08. The van der Waals surface area contributed by atoms with Crippen LogP contribution >= 0.6 is 0 Å². The first-order valence-electron chi connectivity index (χ1n) is 7.05. The lowest BCUT2D eigenvalue weighted by Gasteiger charge is -2.32. The van der Waals surface area contributed by atoms with Gasteiger partial charge in [-0.1, -0.05) is 20.8 Å². The Kier molecular flexibility index (Phi) is 3.85. The summed E-state index contributed by atoms with van der Waals surface area (Å²) >= 11 is 0. The molecule has 1 amide bonds. The highest BCUT2D eigenvalue weighted by molar-refractivity contribution is 5.81. The van der Waals surface area contributed by atoms with Crippen LogP contribution in [0, 0.1) is 11.3 Å². The van der Waals surface area contributed by atoms with Gasteiger partial charge < -0.3 is 15.7 Å². The molecule has 2 aliphatic heterocycles. The summed E-state index contributed by atoms with van der Waals surface area (Å²) in [6, 6.07) is 0.445. The highest BCUT2D eigenvalue weighted by atomic mass is 16.4. The lowest BCUT2D eigenvalue weighted by Crippen LogP contribution is -2.49. The number of hydrogen-bond acceptors (Lipinski definition) is 3. The van der Waals surface area contributed by atoms with Crippen molar-refractivity contribution in [2.75, 3.05) is 0 Å². The number of carbonyl (C=O) groups excluding carboxylic acids is 1. The first-order chi connectivity index (χ1) is 8.77. The van der Waals surface area contributed by atoms with Crippen molar-refractivity contribution in [3.05, 3.63) is 0 Å². The van der Waals surface area contributed by atoms with Crippen molar-refractivity contribution >= 4 is 11.9 Å². The normalized spacial score (nSPS) is 31.2. The Labute approximate surface area is 114 Å². The van der Waals surface area contributed by atoms with Gasteiger partial charge in [0.2, 0.25) is 5.91 Å². The number of carboxylic acids is 1. The van der Waals surface area contributed by atoms with Gasteiger partial charge in [0.15, 0.2) is 0 Å². The summed E-state index contributed by atoms with van der Waals surface area (Å²) in [5.74, 6) is -0.843. The van der Waals surface area contributed by atoms with Crippen LogP contribution in [-0.2, 0) is 9.59 Å². The minimum absolute atomic E-state index is 0.0115. The number of rotatable bonds is 4. The third-order valence-electron chi connectivity index (χ3n) is 4.38. The second kappa shape index (κ2) is 5.12. The monoisotopic (exact) mass is 268 g/mol. The fourth-order valence-electron chi connectivity index (χ4n) is 3.14. The average molecular weight is 268 g/mol. The number of carbonyl (C=O) groups is 2. The van der Waals surface area contributed by atoms with Crippen molar-refractivity contribution in [3.8, 4) is 0 Å². The minimum Gasteiger partial charge on any atom is -0.481 e. The molecule has 0 aromatic carbocycles. The highest BCUT2D eigenvalue weighted by Gasteiger charge is 2.43. The van der Waals surface area contributed by atoms with Crippen molar-refractivity contribution in [3.63, 3.8) is 0 Å². The van der Waals surface area contributed by atoms with Crippen LogP contribution in [0.4, 0.5) is 0 Å². The van der Waals surface area contributed by atoms with Crippen LogP contribution in [0.3, 0.4) is 0 Å². The fraction of sp³-hybridized carbons (Fsp3) is 0.857. The zero-order chi connectivity index (χ0) is 14.2. The maximum atomic E-state index is 12.3. The van der Waals surface area contributed by atoms with Gasteiger partial charge in [0.1, 0.15) is 0 Å². The Balaban J connectivity index is 1.97. The Hall–Kier alpha value is -1.10. The molecular formula is C14H24N2O3. The predicted octanol–water partition coefficient (Wildman–Crippen LogP) is 1.13. The molecule has 2 saturated heterocycles. The standard InChI is InChI=1S/C14H24N2O3/c1-14(2,3)11(7-12(17)18)16-13(19)9-6-8-4-5-10(9)15-8/h8-11,15H,4-7H2,1-3H3,(H,16,19)(H,17,18). The number of aliphatic carboxylic acids is 1. The smallest absolute Gasteiger partial charge is 0.305 e. The average Bonchev–Trinajstić information content (AvgIpc) is 2.87. The number of hydrogen-bond donors (Lipinski definition) is 3. The summed E-state index contributed by atoms with van der Waals surface area (Å²) in [5, 5.41) is 15.4. The second-order valence-corrected chi connectivity index (χ2v) is 6.91. The quantitative estimate of drug-likeness (QED) is 0.714. The summed E-state index contributed by atoms with van der Waals surface area (Å²) in [5.41, 5.74) is -0.251. The van der Waals surface area contributed by atoms with Crippen LogP contribution in [0.5, 0.6) is 0 Å². The van der Waals surface area contributed by atoms with Crippen LogP contribution in [0.15, 0.2) is 0 Å². The summed E-state index contributed by atoms with van der Waals surface area (Å²) in [4.78, 5) is 23.3. The van der Waals surface area contributed by atoms with E-state index in [1.807, 2.05) is 20.8 Å².